The Balaban J connectivity index is 2.18. The van der Waals surface area contributed by atoms with Gasteiger partial charge in [0.2, 0.25) is 5.43 Å². The number of aromatic hydroxyl groups is 1. The zero-order valence-electron chi connectivity index (χ0n) is 14.0. The van der Waals surface area contributed by atoms with Crippen molar-refractivity contribution >= 4 is 28.6 Å². The molecule has 2 aromatic heterocycles. The van der Waals surface area contributed by atoms with Crippen molar-refractivity contribution in [3.05, 3.63) is 62.8 Å². The second-order valence-corrected chi connectivity index (χ2v) is 6.17. The van der Waals surface area contributed by atoms with E-state index < -0.39 is 46.0 Å². The number of carbonyl (C=O) groups is 1. The number of phenols is 1. The third-order valence-corrected chi connectivity index (χ3v) is 3.98. The lowest BCUT2D eigenvalue weighted by Gasteiger charge is -2.14. The predicted molar refractivity (Wildman–Crippen MR) is 91.8 cm³/mol. The maximum atomic E-state index is 14.3. The van der Waals surface area contributed by atoms with Crippen molar-refractivity contribution in [1.29, 1.82) is 0 Å². The molecule has 0 fully saturated rings. The summed E-state index contributed by atoms with van der Waals surface area (Å²) in [6.07, 6.45) is -4.19. The zero-order chi connectivity index (χ0) is 21.5. The summed E-state index contributed by atoms with van der Waals surface area (Å²) in [5.41, 5.74) is -2.11. The van der Waals surface area contributed by atoms with Gasteiger partial charge in [-0.3, -0.25) is 4.79 Å². The molecule has 2 heterocycles. The molecule has 0 unspecified atom stereocenters. The number of fused-ring (bicyclic) bond motifs is 1. The van der Waals surface area contributed by atoms with Gasteiger partial charge >= 0.3 is 12.3 Å². The van der Waals surface area contributed by atoms with Crippen molar-refractivity contribution in [3.63, 3.8) is 0 Å². The molecule has 0 atom stereocenters. The number of nitrogens with zero attached hydrogens (tertiary/aromatic N) is 2. The number of rotatable bonds is 4. The molecular weight excluding hydrogens is 424 g/mol. The van der Waals surface area contributed by atoms with Crippen LogP contribution in [0.2, 0.25) is 5.15 Å². The third-order valence-electron chi connectivity index (χ3n) is 3.78. The minimum atomic E-state index is -5.06. The van der Waals surface area contributed by atoms with Gasteiger partial charge in [0, 0.05) is 18.8 Å². The van der Waals surface area contributed by atoms with Crippen LogP contribution in [0.25, 0.3) is 11.0 Å². The first-order chi connectivity index (χ1) is 13.5. The molecule has 3 aromatic rings. The van der Waals surface area contributed by atoms with E-state index in [-0.39, 0.29) is 22.9 Å². The highest BCUT2D eigenvalue weighted by molar-refractivity contribution is 6.29. The summed E-state index contributed by atoms with van der Waals surface area (Å²) >= 11 is 5.71. The minimum Gasteiger partial charge on any atom is -0.504 e. The van der Waals surface area contributed by atoms with E-state index in [1.54, 1.807) is 0 Å². The van der Waals surface area contributed by atoms with Crippen LogP contribution in [0.4, 0.5) is 17.6 Å². The summed E-state index contributed by atoms with van der Waals surface area (Å²) in [5.74, 6) is -4.41. The number of pyridine rings is 2. The van der Waals surface area contributed by atoms with E-state index in [1.165, 1.54) is 6.07 Å². The molecule has 152 valence electrons. The maximum Gasteiger partial charge on any atom is 0.573 e. The smallest absolute Gasteiger partial charge is 0.504 e. The Morgan fingerprint density at radius 1 is 1.28 bits per heavy atom. The fourth-order valence-electron chi connectivity index (χ4n) is 2.63. The van der Waals surface area contributed by atoms with Crippen LogP contribution in [-0.4, -0.2) is 32.1 Å². The van der Waals surface area contributed by atoms with Gasteiger partial charge in [-0.2, -0.15) is 0 Å². The molecule has 1 aromatic carbocycles. The van der Waals surface area contributed by atoms with E-state index in [9.17, 15) is 37.4 Å². The third kappa shape index (κ3) is 4.24. The number of phenolic OH excluding ortho intramolecular Hbond substituents is 1. The van der Waals surface area contributed by atoms with Gasteiger partial charge in [0.15, 0.2) is 11.5 Å². The Bertz CT molecular complexity index is 1190. The molecule has 0 radical (unpaired) electrons. The number of halogens is 5. The SMILES string of the molecule is O=C(O)c1cn(Cc2ccc(O)c(OC(F)(F)F)c2)c2nc(Cl)cc(F)c2c1=O. The molecule has 0 aliphatic rings. The van der Waals surface area contributed by atoms with Crippen LogP contribution >= 0.6 is 11.6 Å². The summed E-state index contributed by atoms with van der Waals surface area (Å²) < 4.78 is 56.4. The number of aromatic nitrogens is 2. The van der Waals surface area contributed by atoms with Crippen LogP contribution in [0.1, 0.15) is 15.9 Å². The Morgan fingerprint density at radius 3 is 2.59 bits per heavy atom. The van der Waals surface area contributed by atoms with Crippen LogP contribution in [0.15, 0.2) is 35.3 Å². The lowest BCUT2D eigenvalue weighted by molar-refractivity contribution is -0.275. The van der Waals surface area contributed by atoms with Crippen LogP contribution in [0.5, 0.6) is 11.5 Å². The van der Waals surface area contributed by atoms with Gasteiger partial charge in [-0.15, -0.1) is 13.2 Å². The fraction of sp³-hybridized carbons (Fsp3) is 0.118. The summed E-state index contributed by atoms with van der Waals surface area (Å²) in [4.78, 5) is 27.4. The van der Waals surface area contributed by atoms with E-state index in [0.29, 0.717) is 0 Å². The average molecular weight is 433 g/mol. The number of hydrogen-bond donors (Lipinski definition) is 2. The molecule has 0 aliphatic heterocycles. The average Bonchev–Trinajstić information content (AvgIpc) is 2.58. The van der Waals surface area contributed by atoms with Gasteiger partial charge in [0.25, 0.3) is 0 Å². The zero-order valence-corrected chi connectivity index (χ0v) is 14.8. The van der Waals surface area contributed by atoms with Crippen LogP contribution in [0.3, 0.4) is 0 Å². The minimum absolute atomic E-state index is 0.102. The predicted octanol–water partition coefficient (Wildman–Crippen LogP) is 3.54. The Hall–Kier alpha value is -3.34. The maximum absolute atomic E-state index is 14.3. The second kappa shape index (κ2) is 7.24. The van der Waals surface area contributed by atoms with Gasteiger partial charge in [-0.1, -0.05) is 17.7 Å². The van der Waals surface area contributed by atoms with E-state index in [2.05, 4.69) is 9.72 Å². The van der Waals surface area contributed by atoms with Crippen molar-refractivity contribution in [2.24, 2.45) is 0 Å². The van der Waals surface area contributed by atoms with Crippen molar-refractivity contribution in [2.45, 2.75) is 12.9 Å². The molecule has 0 amide bonds. The summed E-state index contributed by atoms with van der Waals surface area (Å²) in [6, 6.07) is 3.75. The highest BCUT2D eigenvalue weighted by Crippen LogP contribution is 2.32. The van der Waals surface area contributed by atoms with Crippen molar-refractivity contribution in [2.75, 3.05) is 0 Å². The van der Waals surface area contributed by atoms with Gasteiger partial charge in [-0.05, 0) is 17.7 Å². The normalized spacial score (nSPS) is 11.6. The molecule has 0 saturated heterocycles. The number of aromatic carboxylic acids is 1. The molecule has 0 bridgehead atoms. The van der Waals surface area contributed by atoms with E-state index in [1.807, 2.05) is 0 Å². The monoisotopic (exact) mass is 432 g/mol. The lowest BCUT2D eigenvalue weighted by atomic mass is 10.1. The van der Waals surface area contributed by atoms with E-state index in [4.69, 9.17) is 11.6 Å². The highest BCUT2D eigenvalue weighted by atomic mass is 35.5. The van der Waals surface area contributed by atoms with Gasteiger partial charge in [0.1, 0.15) is 27.6 Å². The van der Waals surface area contributed by atoms with Gasteiger partial charge in [-0.25, -0.2) is 14.2 Å². The summed E-state index contributed by atoms with van der Waals surface area (Å²) in [6.45, 7) is -0.335. The first kappa shape index (κ1) is 20.4. The fourth-order valence-corrected chi connectivity index (χ4v) is 2.81. The molecule has 0 spiro atoms. The van der Waals surface area contributed by atoms with Crippen LogP contribution in [0, 0.1) is 5.82 Å². The molecule has 2 N–H and O–H groups in total. The number of ether oxygens (including phenoxy) is 1. The molecule has 3 rings (SSSR count). The number of carboxylic acids is 1. The van der Waals surface area contributed by atoms with E-state index >= 15 is 0 Å². The molecule has 0 saturated carbocycles. The second-order valence-electron chi connectivity index (χ2n) is 5.78. The topological polar surface area (TPSA) is 102 Å². The Morgan fingerprint density at radius 2 is 1.97 bits per heavy atom. The first-order valence-electron chi connectivity index (χ1n) is 7.66. The molecule has 29 heavy (non-hydrogen) atoms. The van der Waals surface area contributed by atoms with E-state index in [0.717, 1.165) is 29.0 Å². The largest absolute Gasteiger partial charge is 0.573 e. The summed E-state index contributed by atoms with van der Waals surface area (Å²) in [7, 11) is 0. The van der Waals surface area contributed by atoms with Crippen molar-refractivity contribution in [1.82, 2.24) is 9.55 Å². The highest BCUT2D eigenvalue weighted by Gasteiger charge is 2.32. The number of alkyl halides is 3. The molecule has 0 aliphatic carbocycles. The standard InChI is InChI=1S/C17H9ClF4N2O5/c18-12-4-9(19)13-14(26)8(16(27)28)6-24(15(13)23-12)5-7-1-2-10(25)11(3-7)29-17(20,21)22/h1-4,6,25H,5H2,(H,27,28). The number of benzene rings is 1. The van der Waals surface area contributed by atoms with Gasteiger partial charge in [0.05, 0.1) is 0 Å². The number of carboxylic acid groups (broad SMARTS) is 1. The quantitative estimate of drug-likeness (QED) is 0.483. The molecule has 12 heteroatoms. The van der Waals surface area contributed by atoms with Crippen LogP contribution in [-0.2, 0) is 6.54 Å². The summed E-state index contributed by atoms with van der Waals surface area (Å²) in [5, 5.41) is 17.8. The lowest BCUT2D eigenvalue weighted by Crippen LogP contribution is -2.21. The molecule has 7 nitrogen and oxygen atoms in total. The van der Waals surface area contributed by atoms with Crippen molar-refractivity contribution < 1.29 is 37.3 Å². The molecular formula is C17H9ClF4N2O5. The Kier molecular flexibility index (Phi) is 5.09. The van der Waals surface area contributed by atoms with Gasteiger partial charge < -0.3 is 19.5 Å². The Labute approximate surface area is 163 Å². The first-order valence-corrected chi connectivity index (χ1v) is 8.04. The number of hydrogen-bond acceptors (Lipinski definition) is 5. The van der Waals surface area contributed by atoms with Crippen LogP contribution < -0.4 is 10.2 Å². The van der Waals surface area contributed by atoms with Crippen molar-refractivity contribution in [3.8, 4) is 11.5 Å².